The van der Waals surface area contributed by atoms with Crippen LogP contribution in [0.1, 0.15) is 0 Å². The Kier molecular flexibility index (Phi) is 3.00. The SMILES string of the molecule is COCC1[S@](=O)CC[S@]1=O. The monoisotopic (exact) mass is 182 g/mol. The van der Waals surface area contributed by atoms with E-state index in [4.69, 9.17) is 4.74 Å². The van der Waals surface area contributed by atoms with Gasteiger partial charge in [0.2, 0.25) is 0 Å². The molecule has 1 saturated heterocycles. The molecule has 0 saturated carbocycles. The average molecular weight is 182 g/mol. The number of ether oxygens (including phenoxy) is 1. The second kappa shape index (κ2) is 3.59. The summed E-state index contributed by atoms with van der Waals surface area (Å²) in [4.78, 5) is 0. The average Bonchev–Trinajstić information content (AvgIpc) is 2.20. The molecular formula is C5H10O3S2. The lowest BCUT2D eigenvalue weighted by Crippen LogP contribution is -2.19. The van der Waals surface area contributed by atoms with Gasteiger partial charge in [0.15, 0.2) is 0 Å². The molecule has 0 amide bonds. The summed E-state index contributed by atoms with van der Waals surface area (Å²) in [5.74, 6) is 1.14. The standard InChI is InChI=1S/C5H10O3S2/c1-8-4-5-9(6)2-3-10(5)7/h5H,2-4H2,1H3/t9-,10-/m1/s1. The molecule has 5 heteroatoms. The Bertz CT molecular complexity index is 152. The number of rotatable bonds is 2. The zero-order valence-corrected chi connectivity index (χ0v) is 7.37. The van der Waals surface area contributed by atoms with E-state index in [1.54, 1.807) is 0 Å². The maximum Gasteiger partial charge on any atom is 0.133 e. The van der Waals surface area contributed by atoms with Crippen LogP contribution in [0.5, 0.6) is 0 Å². The highest BCUT2D eigenvalue weighted by Crippen LogP contribution is 2.12. The molecule has 10 heavy (non-hydrogen) atoms. The van der Waals surface area contributed by atoms with Gasteiger partial charge in [-0.15, -0.1) is 0 Å². The molecule has 60 valence electrons. The van der Waals surface area contributed by atoms with Crippen molar-refractivity contribution in [3.63, 3.8) is 0 Å². The van der Waals surface area contributed by atoms with E-state index in [2.05, 4.69) is 0 Å². The Labute approximate surface area is 65.1 Å². The minimum atomic E-state index is -0.916. The van der Waals surface area contributed by atoms with Crippen molar-refractivity contribution in [3.05, 3.63) is 0 Å². The van der Waals surface area contributed by atoms with Crippen molar-refractivity contribution in [2.24, 2.45) is 0 Å². The van der Waals surface area contributed by atoms with Crippen molar-refractivity contribution in [3.8, 4) is 0 Å². The van der Waals surface area contributed by atoms with E-state index in [0.29, 0.717) is 18.1 Å². The molecular weight excluding hydrogens is 172 g/mol. The molecule has 1 aliphatic heterocycles. The van der Waals surface area contributed by atoms with Gasteiger partial charge in [0, 0.05) is 40.2 Å². The van der Waals surface area contributed by atoms with Gasteiger partial charge in [-0.3, -0.25) is 8.42 Å². The third kappa shape index (κ3) is 1.65. The van der Waals surface area contributed by atoms with Gasteiger partial charge in [-0.05, 0) is 0 Å². The fourth-order valence-corrected chi connectivity index (χ4v) is 4.79. The van der Waals surface area contributed by atoms with Crippen LogP contribution in [0.25, 0.3) is 0 Å². The van der Waals surface area contributed by atoms with Crippen molar-refractivity contribution in [1.82, 2.24) is 0 Å². The van der Waals surface area contributed by atoms with Gasteiger partial charge in [-0.25, -0.2) is 0 Å². The smallest absolute Gasteiger partial charge is 0.133 e. The summed E-state index contributed by atoms with van der Waals surface area (Å²) in [7, 11) is -0.297. The van der Waals surface area contributed by atoms with E-state index in [9.17, 15) is 8.42 Å². The highest BCUT2D eigenvalue weighted by molar-refractivity contribution is 8.06. The summed E-state index contributed by atoms with van der Waals surface area (Å²) in [6.07, 6.45) is 0. The lowest BCUT2D eigenvalue weighted by atomic mass is 10.8. The predicted molar refractivity (Wildman–Crippen MR) is 41.7 cm³/mol. The van der Waals surface area contributed by atoms with Crippen LogP contribution >= 0.6 is 0 Å². The molecule has 0 aromatic carbocycles. The highest BCUT2D eigenvalue weighted by atomic mass is 32.3. The van der Waals surface area contributed by atoms with Crippen molar-refractivity contribution in [2.75, 3.05) is 25.2 Å². The molecule has 0 aromatic rings. The number of hydrogen-bond donors (Lipinski definition) is 0. The fraction of sp³-hybridized carbons (Fsp3) is 1.00. The third-order valence-electron chi connectivity index (χ3n) is 1.37. The molecule has 0 aromatic heterocycles. The minimum absolute atomic E-state index is 0.231. The van der Waals surface area contributed by atoms with E-state index >= 15 is 0 Å². The Morgan fingerprint density at radius 2 is 1.90 bits per heavy atom. The Morgan fingerprint density at radius 1 is 1.40 bits per heavy atom. The Balaban J connectivity index is 2.54. The second-order valence-corrected chi connectivity index (χ2v) is 5.83. The van der Waals surface area contributed by atoms with Crippen LogP contribution < -0.4 is 0 Å². The van der Waals surface area contributed by atoms with Gasteiger partial charge in [-0.1, -0.05) is 0 Å². The zero-order valence-electron chi connectivity index (χ0n) is 5.74. The van der Waals surface area contributed by atoms with Gasteiger partial charge >= 0.3 is 0 Å². The lowest BCUT2D eigenvalue weighted by molar-refractivity contribution is 0.212. The van der Waals surface area contributed by atoms with Gasteiger partial charge in [0.25, 0.3) is 0 Å². The second-order valence-electron chi connectivity index (χ2n) is 2.05. The van der Waals surface area contributed by atoms with Crippen LogP contribution in [-0.2, 0) is 26.3 Å². The zero-order chi connectivity index (χ0) is 7.56. The van der Waals surface area contributed by atoms with Gasteiger partial charge in [0.05, 0.1) is 6.61 Å². The van der Waals surface area contributed by atoms with Crippen LogP contribution in [0.3, 0.4) is 0 Å². The molecule has 1 fully saturated rings. The van der Waals surface area contributed by atoms with Crippen molar-refractivity contribution in [2.45, 2.75) is 4.58 Å². The minimum Gasteiger partial charge on any atom is -0.382 e. The largest absolute Gasteiger partial charge is 0.382 e. The van der Waals surface area contributed by atoms with Crippen LogP contribution in [0.4, 0.5) is 0 Å². The number of methoxy groups -OCH3 is 1. The Hall–Kier alpha value is 0.260. The molecule has 0 radical (unpaired) electrons. The van der Waals surface area contributed by atoms with Crippen LogP contribution in [0.15, 0.2) is 0 Å². The van der Waals surface area contributed by atoms with E-state index in [1.807, 2.05) is 0 Å². The maximum atomic E-state index is 11.0. The summed E-state index contributed by atoms with van der Waals surface area (Å²) >= 11 is 0. The first-order chi connectivity index (χ1) is 4.75. The molecule has 2 atom stereocenters. The lowest BCUT2D eigenvalue weighted by Gasteiger charge is -2.03. The normalized spacial score (nSPS) is 34.9. The summed E-state index contributed by atoms with van der Waals surface area (Å²) in [5.41, 5.74) is 0. The molecule has 0 unspecified atom stereocenters. The summed E-state index contributed by atoms with van der Waals surface area (Å²) in [6, 6.07) is 0. The van der Waals surface area contributed by atoms with Crippen molar-refractivity contribution >= 4 is 21.6 Å². The molecule has 0 N–H and O–H groups in total. The predicted octanol–water partition coefficient (Wildman–Crippen LogP) is -0.530. The maximum absolute atomic E-state index is 11.0. The first kappa shape index (κ1) is 8.36. The van der Waals surface area contributed by atoms with Crippen LogP contribution in [-0.4, -0.2) is 38.2 Å². The van der Waals surface area contributed by atoms with E-state index in [-0.39, 0.29) is 4.58 Å². The Morgan fingerprint density at radius 3 is 2.30 bits per heavy atom. The molecule has 0 aliphatic carbocycles. The molecule has 1 aliphatic rings. The van der Waals surface area contributed by atoms with E-state index in [1.165, 1.54) is 7.11 Å². The fourth-order valence-electron chi connectivity index (χ4n) is 0.835. The van der Waals surface area contributed by atoms with Crippen molar-refractivity contribution < 1.29 is 13.2 Å². The summed E-state index contributed by atoms with van der Waals surface area (Å²) < 4.78 is 26.6. The molecule has 1 heterocycles. The molecule has 0 bridgehead atoms. The topological polar surface area (TPSA) is 43.4 Å². The summed E-state index contributed by atoms with van der Waals surface area (Å²) in [6.45, 7) is 0.360. The van der Waals surface area contributed by atoms with E-state index < -0.39 is 21.6 Å². The molecule has 3 nitrogen and oxygen atoms in total. The molecule has 0 spiro atoms. The number of hydrogen-bond acceptors (Lipinski definition) is 3. The first-order valence-corrected chi connectivity index (χ1v) is 5.75. The third-order valence-corrected chi connectivity index (χ3v) is 5.58. The van der Waals surface area contributed by atoms with Crippen LogP contribution in [0.2, 0.25) is 0 Å². The van der Waals surface area contributed by atoms with Gasteiger partial charge in [0.1, 0.15) is 4.58 Å². The van der Waals surface area contributed by atoms with Crippen LogP contribution in [0, 0.1) is 0 Å². The summed E-state index contributed by atoms with van der Waals surface area (Å²) in [5, 5.41) is 0. The first-order valence-electron chi connectivity index (χ1n) is 2.99. The highest BCUT2D eigenvalue weighted by Gasteiger charge is 2.29. The van der Waals surface area contributed by atoms with Crippen molar-refractivity contribution in [1.29, 1.82) is 0 Å². The molecule has 1 rings (SSSR count). The van der Waals surface area contributed by atoms with Gasteiger partial charge in [-0.2, -0.15) is 0 Å². The quantitative estimate of drug-likeness (QED) is 0.576. The van der Waals surface area contributed by atoms with E-state index in [0.717, 1.165) is 0 Å². The van der Waals surface area contributed by atoms with Gasteiger partial charge < -0.3 is 4.74 Å².